The second kappa shape index (κ2) is 9.62. The first-order valence-electron chi connectivity index (χ1n) is 10.3. The van der Waals surface area contributed by atoms with E-state index in [9.17, 15) is 19.5 Å². The molecule has 1 aliphatic heterocycles. The van der Waals surface area contributed by atoms with Crippen LogP contribution in [0.25, 0.3) is 0 Å². The minimum absolute atomic E-state index is 0.0714. The number of esters is 1. The molecule has 0 aromatic heterocycles. The summed E-state index contributed by atoms with van der Waals surface area (Å²) in [6.07, 6.45) is 0.687. The number of hydrogen-bond donors (Lipinski definition) is 2. The molecule has 1 heterocycles. The molecule has 1 aliphatic rings. The van der Waals surface area contributed by atoms with E-state index >= 15 is 0 Å². The fraction of sp³-hybridized carbons (Fsp3) is 0.857. The normalized spacial score (nSPS) is 22.7. The molecule has 2 N–H and O–H groups in total. The average Bonchev–Trinajstić information content (AvgIpc) is 2.95. The van der Waals surface area contributed by atoms with Crippen LogP contribution in [-0.2, 0) is 23.9 Å². The molecule has 9 heteroatoms. The maximum atomic E-state index is 12.8. The number of aldehydes is 1. The van der Waals surface area contributed by atoms with E-state index in [2.05, 4.69) is 5.48 Å². The summed E-state index contributed by atoms with van der Waals surface area (Å²) in [5.74, 6) is -0.701. The van der Waals surface area contributed by atoms with Crippen LogP contribution in [0, 0.1) is 5.92 Å². The van der Waals surface area contributed by atoms with Crippen molar-refractivity contribution < 1.29 is 33.8 Å². The summed E-state index contributed by atoms with van der Waals surface area (Å²) in [5.41, 5.74) is -1.13. The van der Waals surface area contributed by atoms with Crippen molar-refractivity contribution in [2.45, 2.75) is 90.1 Å². The van der Waals surface area contributed by atoms with Crippen LogP contribution in [0.15, 0.2) is 0 Å². The predicted octanol–water partition coefficient (Wildman–Crippen LogP) is 2.20. The summed E-state index contributed by atoms with van der Waals surface area (Å²) in [6.45, 7) is 12.8. The zero-order chi connectivity index (χ0) is 23.4. The molecule has 0 spiro atoms. The van der Waals surface area contributed by atoms with Crippen LogP contribution in [-0.4, -0.2) is 70.9 Å². The Kier molecular flexibility index (Phi) is 8.44. The molecule has 9 nitrogen and oxygen atoms in total. The second-order valence-corrected chi connectivity index (χ2v) is 9.91. The van der Waals surface area contributed by atoms with Gasteiger partial charge in [-0.1, -0.05) is 0 Å². The summed E-state index contributed by atoms with van der Waals surface area (Å²) in [7, 11) is 1.24. The van der Waals surface area contributed by atoms with Gasteiger partial charge in [0, 0.05) is 19.5 Å². The van der Waals surface area contributed by atoms with Gasteiger partial charge in [-0.2, -0.15) is 0 Å². The number of amides is 1. The molecular formula is C21H38N2O7. The number of nitrogens with zero attached hydrogens (tertiary/aromatic N) is 1. The Hall–Kier alpha value is -1.71. The molecule has 1 saturated heterocycles. The van der Waals surface area contributed by atoms with Crippen LogP contribution in [0.5, 0.6) is 0 Å². The maximum Gasteiger partial charge on any atom is 0.411 e. The molecule has 1 fully saturated rings. The molecule has 0 aromatic carbocycles. The van der Waals surface area contributed by atoms with Crippen molar-refractivity contribution in [3.8, 4) is 0 Å². The van der Waals surface area contributed by atoms with E-state index in [0.717, 1.165) is 0 Å². The molecule has 30 heavy (non-hydrogen) atoms. The molecule has 0 aromatic rings. The molecule has 2 atom stereocenters. The fourth-order valence-corrected chi connectivity index (χ4v) is 3.26. The summed E-state index contributed by atoms with van der Waals surface area (Å²) in [6, 6.07) is 0. The number of rotatable bonds is 9. The highest BCUT2D eigenvalue weighted by Gasteiger charge is 2.55. The van der Waals surface area contributed by atoms with Crippen LogP contribution >= 0.6 is 0 Å². The third-order valence-electron chi connectivity index (χ3n) is 5.64. The Bertz CT molecular complexity index is 622. The fourth-order valence-electron chi connectivity index (χ4n) is 3.26. The quantitative estimate of drug-likeness (QED) is 0.248. The number of hydrogen-bond acceptors (Lipinski definition) is 8. The summed E-state index contributed by atoms with van der Waals surface area (Å²) >= 11 is 0. The third-order valence-corrected chi connectivity index (χ3v) is 5.64. The van der Waals surface area contributed by atoms with Gasteiger partial charge in [-0.25, -0.2) is 15.1 Å². The van der Waals surface area contributed by atoms with Crippen molar-refractivity contribution in [3.63, 3.8) is 0 Å². The molecule has 1 amide bonds. The number of methoxy groups -OCH3 is 1. The number of hydroxylamine groups is 1. The van der Waals surface area contributed by atoms with E-state index in [4.69, 9.17) is 14.3 Å². The lowest BCUT2D eigenvalue weighted by atomic mass is 9.88. The summed E-state index contributed by atoms with van der Waals surface area (Å²) in [4.78, 5) is 43.7. The number of ether oxygens (including phenoxy) is 2. The first-order chi connectivity index (χ1) is 13.6. The van der Waals surface area contributed by atoms with Gasteiger partial charge in [-0.15, -0.1) is 0 Å². The van der Waals surface area contributed by atoms with Crippen molar-refractivity contribution in [1.29, 1.82) is 0 Å². The van der Waals surface area contributed by atoms with Crippen molar-refractivity contribution in [2.24, 2.45) is 5.92 Å². The first-order valence-corrected chi connectivity index (χ1v) is 10.3. The SMILES string of the molecule is COC(=O)C1(CC=O)CC(CCNOC(C)(C)C(C)(C)O)CN1C(=O)OC(C)(C)C. The van der Waals surface area contributed by atoms with E-state index < -0.39 is 34.4 Å². The van der Waals surface area contributed by atoms with E-state index in [0.29, 0.717) is 19.3 Å². The Morgan fingerprint density at radius 2 is 1.80 bits per heavy atom. The van der Waals surface area contributed by atoms with Crippen LogP contribution in [0.4, 0.5) is 4.79 Å². The number of carbonyl (C=O) groups excluding carboxylic acids is 3. The molecule has 174 valence electrons. The lowest BCUT2D eigenvalue weighted by Crippen LogP contribution is -2.55. The minimum Gasteiger partial charge on any atom is -0.467 e. The number of aliphatic hydroxyl groups is 1. The van der Waals surface area contributed by atoms with Crippen LogP contribution in [0.1, 0.15) is 67.7 Å². The van der Waals surface area contributed by atoms with Gasteiger partial charge in [0.1, 0.15) is 17.5 Å². The highest BCUT2D eigenvalue weighted by atomic mass is 16.7. The van der Waals surface area contributed by atoms with Gasteiger partial charge in [0.05, 0.1) is 12.7 Å². The Labute approximate surface area is 179 Å². The van der Waals surface area contributed by atoms with Crippen molar-refractivity contribution >= 4 is 18.3 Å². The largest absolute Gasteiger partial charge is 0.467 e. The molecule has 0 bridgehead atoms. The summed E-state index contributed by atoms with van der Waals surface area (Å²) < 4.78 is 10.4. The second-order valence-electron chi connectivity index (χ2n) is 9.91. The van der Waals surface area contributed by atoms with Crippen LogP contribution < -0.4 is 5.48 Å². The third kappa shape index (κ3) is 6.39. The number of likely N-dealkylation sites (tertiary alicyclic amines) is 1. The number of nitrogens with one attached hydrogen (secondary N) is 1. The highest BCUT2D eigenvalue weighted by molar-refractivity contribution is 5.89. The van der Waals surface area contributed by atoms with E-state index in [1.165, 1.54) is 12.0 Å². The maximum absolute atomic E-state index is 12.8. The van der Waals surface area contributed by atoms with E-state index in [1.54, 1.807) is 48.5 Å². The molecular weight excluding hydrogens is 392 g/mol. The Morgan fingerprint density at radius 3 is 2.27 bits per heavy atom. The van der Waals surface area contributed by atoms with Crippen molar-refractivity contribution in [3.05, 3.63) is 0 Å². The topological polar surface area (TPSA) is 114 Å². The van der Waals surface area contributed by atoms with Gasteiger partial charge < -0.3 is 19.4 Å². The van der Waals surface area contributed by atoms with Gasteiger partial charge >= 0.3 is 12.1 Å². The van der Waals surface area contributed by atoms with E-state index in [1.807, 2.05) is 0 Å². The van der Waals surface area contributed by atoms with Gasteiger partial charge in [-0.05, 0) is 67.2 Å². The van der Waals surface area contributed by atoms with Crippen molar-refractivity contribution in [2.75, 3.05) is 20.2 Å². The first kappa shape index (κ1) is 26.3. The van der Waals surface area contributed by atoms with Gasteiger partial charge in [0.25, 0.3) is 0 Å². The van der Waals surface area contributed by atoms with E-state index in [-0.39, 0.29) is 25.3 Å². The zero-order valence-electron chi connectivity index (χ0n) is 19.5. The van der Waals surface area contributed by atoms with Gasteiger partial charge in [-0.3, -0.25) is 9.74 Å². The predicted molar refractivity (Wildman–Crippen MR) is 111 cm³/mol. The van der Waals surface area contributed by atoms with Gasteiger partial charge in [0.2, 0.25) is 0 Å². The molecule has 1 rings (SSSR count). The standard InChI is InChI=1S/C21H38N2O7/c1-18(2,3)29-17(26)23-14-15(13-21(23,10-12-24)16(25)28-8)9-11-22-30-20(6,7)19(4,5)27/h12,15,22,27H,9-11,13-14H2,1-8H3. The van der Waals surface area contributed by atoms with Crippen LogP contribution in [0.3, 0.4) is 0 Å². The Balaban J connectivity index is 2.90. The number of carbonyl (C=O) groups is 3. The molecule has 0 saturated carbocycles. The smallest absolute Gasteiger partial charge is 0.411 e. The average molecular weight is 431 g/mol. The molecule has 0 aliphatic carbocycles. The zero-order valence-corrected chi connectivity index (χ0v) is 19.5. The minimum atomic E-state index is -1.38. The molecule has 2 unspecified atom stereocenters. The highest BCUT2D eigenvalue weighted by Crippen LogP contribution is 2.39. The molecule has 0 radical (unpaired) electrons. The lowest BCUT2D eigenvalue weighted by Gasteiger charge is -2.36. The lowest BCUT2D eigenvalue weighted by molar-refractivity contribution is -0.183. The van der Waals surface area contributed by atoms with Crippen molar-refractivity contribution in [1.82, 2.24) is 10.4 Å². The summed E-state index contributed by atoms with van der Waals surface area (Å²) in [5, 5.41) is 10.2. The monoisotopic (exact) mass is 430 g/mol. The van der Waals surface area contributed by atoms with Gasteiger partial charge in [0.15, 0.2) is 5.54 Å². The van der Waals surface area contributed by atoms with Crippen LogP contribution in [0.2, 0.25) is 0 Å². The Morgan fingerprint density at radius 1 is 1.20 bits per heavy atom.